The molecule has 0 spiro atoms. The number of carbonyl (C=O) groups excluding carboxylic acids is 2. The average Bonchev–Trinajstić information content (AvgIpc) is 3.71. The van der Waals surface area contributed by atoms with Gasteiger partial charge in [-0.2, -0.15) is 0 Å². The summed E-state index contributed by atoms with van der Waals surface area (Å²) in [5.74, 6) is 2.38. The number of rotatable bonds is 8. The Kier molecular flexibility index (Phi) is 8.11. The Hall–Kier alpha value is -4.02. The van der Waals surface area contributed by atoms with E-state index in [4.69, 9.17) is 18.6 Å². The van der Waals surface area contributed by atoms with Crippen LogP contribution < -0.4 is 19.5 Å². The zero-order chi connectivity index (χ0) is 28.2. The number of piperazine rings is 1. The molecule has 3 aromatic rings. The molecule has 2 saturated heterocycles. The fraction of sp³-hybridized carbons (Fsp3) is 0.419. The van der Waals surface area contributed by atoms with E-state index in [2.05, 4.69) is 10.2 Å². The predicted molar refractivity (Wildman–Crippen MR) is 151 cm³/mol. The third-order valence-corrected chi connectivity index (χ3v) is 8.01. The van der Waals surface area contributed by atoms with Gasteiger partial charge in [-0.25, -0.2) is 0 Å². The molecule has 2 aromatic carbocycles. The summed E-state index contributed by atoms with van der Waals surface area (Å²) < 4.78 is 22.5. The summed E-state index contributed by atoms with van der Waals surface area (Å²) >= 11 is 0. The maximum absolute atomic E-state index is 13.9. The van der Waals surface area contributed by atoms with Crippen molar-refractivity contribution in [2.75, 3.05) is 53.0 Å². The first-order valence-corrected chi connectivity index (χ1v) is 14.2. The fourth-order valence-corrected chi connectivity index (χ4v) is 5.93. The van der Waals surface area contributed by atoms with Gasteiger partial charge in [0.2, 0.25) is 5.91 Å². The van der Waals surface area contributed by atoms with Gasteiger partial charge in [0.15, 0.2) is 17.3 Å². The van der Waals surface area contributed by atoms with Crippen LogP contribution in [0.25, 0.3) is 0 Å². The van der Waals surface area contributed by atoms with E-state index in [9.17, 15) is 9.59 Å². The monoisotopic (exact) mass is 560 g/mol. The predicted octanol–water partition coefficient (Wildman–Crippen LogP) is 2.78. The average molecular weight is 561 g/mol. The Morgan fingerprint density at radius 3 is 2.61 bits per heavy atom. The molecular weight excluding hydrogens is 524 g/mol. The minimum Gasteiger partial charge on any atom is -0.497 e. The lowest BCUT2D eigenvalue weighted by atomic mass is 10.1. The van der Waals surface area contributed by atoms with Gasteiger partial charge in [-0.15, -0.1) is 0 Å². The molecule has 4 heterocycles. The van der Waals surface area contributed by atoms with Crippen molar-refractivity contribution in [3.8, 4) is 17.2 Å². The second kappa shape index (κ2) is 12.2. The maximum atomic E-state index is 13.9. The van der Waals surface area contributed by atoms with Gasteiger partial charge >= 0.3 is 0 Å². The Labute approximate surface area is 239 Å². The van der Waals surface area contributed by atoms with Gasteiger partial charge in [-0.1, -0.05) is 18.2 Å². The number of benzene rings is 2. The molecule has 1 N–H and O–H groups in total. The second-order valence-corrected chi connectivity index (χ2v) is 10.6. The number of furan rings is 1. The van der Waals surface area contributed by atoms with E-state index in [1.54, 1.807) is 19.2 Å². The molecule has 10 heteroatoms. The summed E-state index contributed by atoms with van der Waals surface area (Å²) in [6.07, 6.45) is 2.04. The van der Waals surface area contributed by atoms with Crippen molar-refractivity contribution in [3.05, 3.63) is 77.7 Å². The van der Waals surface area contributed by atoms with Crippen LogP contribution in [-0.2, 0) is 17.9 Å². The Morgan fingerprint density at radius 2 is 1.83 bits per heavy atom. The van der Waals surface area contributed by atoms with Gasteiger partial charge in [0.05, 0.1) is 19.4 Å². The van der Waals surface area contributed by atoms with E-state index < -0.39 is 0 Å². The molecule has 2 amide bonds. The Bertz CT molecular complexity index is 1360. The largest absolute Gasteiger partial charge is 0.497 e. The summed E-state index contributed by atoms with van der Waals surface area (Å²) in [6, 6.07) is 16.5. The highest BCUT2D eigenvalue weighted by molar-refractivity contribution is 5.92. The molecule has 2 fully saturated rings. The number of fused-ring (bicyclic) bond motifs is 1. The van der Waals surface area contributed by atoms with Crippen LogP contribution >= 0.6 is 0 Å². The van der Waals surface area contributed by atoms with Gasteiger partial charge < -0.3 is 33.7 Å². The smallest absolute Gasteiger partial charge is 0.290 e. The molecule has 2 atom stereocenters. The highest BCUT2D eigenvalue weighted by Crippen LogP contribution is 2.33. The normalized spacial score (nSPS) is 20.6. The highest BCUT2D eigenvalue weighted by atomic mass is 16.6. The van der Waals surface area contributed by atoms with Gasteiger partial charge in [-0.3, -0.25) is 14.5 Å². The number of hydrogen-bond donors (Lipinski definition) is 1. The van der Waals surface area contributed by atoms with E-state index in [1.807, 2.05) is 52.3 Å². The van der Waals surface area contributed by atoms with Crippen LogP contribution in [0.15, 0.2) is 65.3 Å². The van der Waals surface area contributed by atoms with E-state index in [0.29, 0.717) is 52.4 Å². The molecule has 1 aromatic heterocycles. The summed E-state index contributed by atoms with van der Waals surface area (Å²) in [7, 11) is 1.63. The lowest BCUT2D eigenvalue weighted by Gasteiger charge is -2.33. The van der Waals surface area contributed by atoms with Crippen LogP contribution in [0.5, 0.6) is 17.2 Å². The zero-order valence-corrected chi connectivity index (χ0v) is 23.3. The highest BCUT2D eigenvalue weighted by Gasteiger charge is 2.43. The Balaban J connectivity index is 1.29. The first kappa shape index (κ1) is 27.2. The number of ether oxygens (including phenoxy) is 3. The summed E-state index contributed by atoms with van der Waals surface area (Å²) in [4.78, 5) is 33.7. The number of methoxy groups -OCH3 is 1. The maximum Gasteiger partial charge on any atom is 0.290 e. The number of nitrogens with zero attached hydrogens (tertiary/aromatic N) is 3. The molecule has 10 nitrogen and oxygen atoms in total. The molecule has 0 aliphatic carbocycles. The first-order valence-electron chi connectivity index (χ1n) is 14.2. The van der Waals surface area contributed by atoms with Crippen molar-refractivity contribution >= 4 is 11.8 Å². The van der Waals surface area contributed by atoms with Gasteiger partial charge in [0.1, 0.15) is 19.0 Å². The molecule has 2 unspecified atom stereocenters. The van der Waals surface area contributed by atoms with Crippen molar-refractivity contribution in [2.45, 2.75) is 31.6 Å². The van der Waals surface area contributed by atoms with Crippen molar-refractivity contribution in [1.29, 1.82) is 0 Å². The second-order valence-electron chi connectivity index (χ2n) is 10.6. The number of hydrogen-bond acceptors (Lipinski definition) is 8. The zero-order valence-electron chi connectivity index (χ0n) is 23.3. The number of amides is 2. The third kappa shape index (κ3) is 6.03. The van der Waals surface area contributed by atoms with Crippen molar-refractivity contribution in [2.24, 2.45) is 0 Å². The molecule has 3 aliphatic rings. The lowest BCUT2D eigenvalue weighted by molar-refractivity contribution is -0.136. The number of carbonyl (C=O) groups is 2. The summed E-state index contributed by atoms with van der Waals surface area (Å²) in [5, 5.41) is 3.33. The van der Waals surface area contributed by atoms with Crippen molar-refractivity contribution in [3.63, 3.8) is 0 Å². The van der Waals surface area contributed by atoms with Crippen LogP contribution in [0.4, 0.5) is 0 Å². The molecule has 0 radical (unpaired) electrons. The molecular formula is C31H36N4O6. The number of likely N-dealkylation sites (tertiary alicyclic amines) is 1. The molecule has 3 aliphatic heterocycles. The molecule has 216 valence electrons. The standard InChI is InChI=1S/C31H36N4O6/c1-38-25-5-2-4-22(16-25)20-35(31(37)28-6-3-13-39-28)24-18-26(30(36)33-11-9-32-10-12-33)34(21-24)19-23-7-8-27-29(17-23)41-15-14-40-27/h2-8,13,16-17,24,26,32H,9-12,14-15,18-21H2,1H3. The molecule has 0 bridgehead atoms. The van der Waals surface area contributed by atoms with E-state index in [0.717, 1.165) is 41.5 Å². The van der Waals surface area contributed by atoms with Crippen molar-refractivity contribution < 1.29 is 28.2 Å². The molecule has 0 saturated carbocycles. The lowest BCUT2D eigenvalue weighted by Crippen LogP contribution is -2.52. The molecule has 6 rings (SSSR count). The SMILES string of the molecule is COc1cccc(CN(C(=O)c2ccco2)C2CC(C(=O)N3CCNCC3)N(Cc3ccc4c(c3)OCCO4)C2)c1. The summed E-state index contributed by atoms with van der Waals surface area (Å²) in [5.41, 5.74) is 1.98. The van der Waals surface area contributed by atoms with E-state index in [-0.39, 0.29) is 29.7 Å². The van der Waals surface area contributed by atoms with Gasteiger partial charge in [0, 0.05) is 51.9 Å². The van der Waals surface area contributed by atoms with Gasteiger partial charge in [-0.05, 0) is 53.9 Å². The van der Waals surface area contributed by atoms with Crippen LogP contribution in [0.3, 0.4) is 0 Å². The quantitative estimate of drug-likeness (QED) is 0.450. The van der Waals surface area contributed by atoms with E-state index in [1.165, 1.54) is 6.26 Å². The number of nitrogens with one attached hydrogen (secondary N) is 1. The third-order valence-electron chi connectivity index (χ3n) is 8.01. The minimum atomic E-state index is -0.358. The Morgan fingerprint density at radius 1 is 1.00 bits per heavy atom. The summed E-state index contributed by atoms with van der Waals surface area (Å²) in [6.45, 7) is 5.44. The van der Waals surface area contributed by atoms with Crippen LogP contribution in [0, 0.1) is 0 Å². The van der Waals surface area contributed by atoms with Gasteiger partial charge in [0.25, 0.3) is 5.91 Å². The topological polar surface area (TPSA) is 96.7 Å². The van der Waals surface area contributed by atoms with Crippen LogP contribution in [0.2, 0.25) is 0 Å². The van der Waals surface area contributed by atoms with E-state index >= 15 is 0 Å². The van der Waals surface area contributed by atoms with Crippen LogP contribution in [-0.4, -0.2) is 91.6 Å². The van der Waals surface area contributed by atoms with Crippen molar-refractivity contribution in [1.82, 2.24) is 20.0 Å². The minimum absolute atomic E-state index is 0.110. The first-order chi connectivity index (χ1) is 20.1. The fourth-order valence-electron chi connectivity index (χ4n) is 5.93. The van der Waals surface area contributed by atoms with Crippen LogP contribution in [0.1, 0.15) is 28.1 Å². The molecule has 41 heavy (non-hydrogen) atoms.